The van der Waals surface area contributed by atoms with E-state index in [1.165, 1.54) is 5.56 Å². The summed E-state index contributed by atoms with van der Waals surface area (Å²) >= 11 is 0. The number of carbonyl (C=O) groups is 2. The maximum absolute atomic E-state index is 12.9. The van der Waals surface area contributed by atoms with E-state index in [9.17, 15) is 14.7 Å². The number of nitrogens with one attached hydrogen (secondary N) is 1. The van der Waals surface area contributed by atoms with Crippen molar-refractivity contribution in [3.63, 3.8) is 0 Å². The van der Waals surface area contributed by atoms with Gasteiger partial charge in [0.1, 0.15) is 5.75 Å². The van der Waals surface area contributed by atoms with Crippen molar-refractivity contribution in [3.05, 3.63) is 65.7 Å². The fraction of sp³-hybridized carbons (Fsp3) is 0.440. The number of likely N-dealkylation sites (tertiary alicyclic amines) is 2. The lowest BCUT2D eigenvalue weighted by atomic mass is 9.72. The van der Waals surface area contributed by atoms with Crippen LogP contribution in [0.3, 0.4) is 0 Å². The Kier molecular flexibility index (Phi) is 6.65. The predicted octanol–water partition coefficient (Wildman–Crippen LogP) is 2.65. The standard InChI is InChI=1S/C25H31N3O4/c1-32-22-10-6-5-9-21(22)23(30)26-18-25(19-7-3-2-4-8-19)12-15-27(16-13-25)24(31)28-14-11-20(29)17-28/h2-10,20,29H,11-18H2,1H3,(H,26,30). The molecule has 1 unspecified atom stereocenters. The van der Waals surface area contributed by atoms with E-state index in [1.807, 2.05) is 35.2 Å². The Balaban J connectivity index is 1.47. The number of benzene rings is 2. The van der Waals surface area contributed by atoms with Gasteiger partial charge in [-0.1, -0.05) is 42.5 Å². The number of aliphatic hydroxyl groups excluding tert-OH is 1. The van der Waals surface area contributed by atoms with Crippen LogP contribution in [0, 0.1) is 0 Å². The summed E-state index contributed by atoms with van der Waals surface area (Å²) in [5.74, 6) is 0.384. The molecule has 2 aliphatic heterocycles. The zero-order valence-electron chi connectivity index (χ0n) is 18.5. The molecule has 0 aliphatic carbocycles. The number of aliphatic hydroxyl groups is 1. The number of hydrogen-bond acceptors (Lipinski definition) is 4. The molecule has 7 nitrogen and oxygen atoms in total. The van der Waals surface area contributed by atoms with E-state index in [0.29, 0.717) is 50.5 Å². The van der Waals surface area contributed by atoms with Crippen molar-refractivity contribution >= 4 is 11.9 Å². The second kappa shape index (κ2) is 9.61. The Hall–Kier alpha value is -3.06. The molecule has 0 aromatic heterocycles. The fourth-order valence-electron chi connectivity index (χ4n) is 4.78. The van der Waals surface area contributed by atoms with Gasteiger partial charge in [0.15, 0.2) is 0 Å². The van der Waals surface area contributed by atoms with Crippen molar-refractivity contribution in [2.75, 3.05) is 39.8 Å². The zero-order chi connectivity index (χ0) is 22.6. The molecule has 2 saturated heterocycles. The lowest BCUT2D eigenvalue weighted by Crippen LogP contribution is -2.53. The van der Waals surface area contributed by atoms with Crippen LogP contribution in [-0.4, -0.2) is 72.8 Å². The minimum absolute atomic E-state index is 0.00118. The first-order chi connectivity index (χ1) is 15.5. The minimum Gasteiger partial charge on any atom is -0.496 e. The van der Waals surface area contributed by atoms with Gasteiger partial charge in [0.25, 0.3) is 5.91 Å². The third-order valence-electron chi connectivity index (χ3n) is 6.75. The van der Waals surface area contributed by atoms with E-state index in [4.69, 9.17) is 4.74 Å². The smallest absolute Gasteiger partial charge is 0.320 e. The Morgan fingerprint density at radius 1 is 1.03 bits per heavy atom. The first kappa shape index (κ1) is 22.1. The van der Waals surface area contributed by atoms with E-state index in [-0.39, 0.29) is 17.4 Å². The van der Waals surface area contributed by atoms with E-state index in [1.54, 1.807) is 24.1 Å². The van der Waals surface area contributed by atoms with Crippen molar-refractivity contribution in [1.29, 1.82) is 0 Å². The van der Waals surface area contributed by atoms with E-state index >= 15 is 0 Å². The third kappa shape index (κ3) is 4.58. The van der Waals surface area contributed by atoms with Gasteiger partial charge >= 0.3 is 6.03 Å². The Bertz CT molecular complexity index is 941. The van der Waals surface area contributed by atoms with Crippen LogP contribution in [0.5, 0.6) is 5.75 Å². The number of ether oxygens (including phenoxy) is 1. The van der Waals surface area contributed by atoms with Gasteiger partial charge in [-0.25, -0.2) is 4.79 Å². The molecule has 170 valence electrons. The number of para-hydroxylation sites is 1. The second-order valence-corrected chi connectivity index (χ2v) is 8.69. The van der Waals surface area contributed by atoms with E-state index < -0.39 is 6.10 Å². The summed E-state index contributed by atoms with van der Waals surface area (Å²) in [6.45, 7) is 2.73. The van der Waals surface area contributed by atoms with E-state index in [2.05, 4.69) is 17.4 Å². The van der Waals surface area contributed by atoms with Gasteiger partial charge in [-0.3, -0.25) is 4.79 Å². The van der Waals surface area contributed by atoms with Gasteiger partial charge in [0, 0.05) is 38.1 Å². The average Bonchev–Trinajstić information content (AvgIpc) is 3.29. The SMILES string of the molecule is COc1ccccc1C(=O)NCC1(c2ccccc2)CCN(C(=O)N2CCC(O)C2)CC1. The molecule has 0 bridgehead atoms. The van der Waals surface area contributed by atoms with Crippen LogP contribution in [0.4, 0.5) is 4.79 Å². The third-order valence-corrected chi connectivity index (χ3v) is 6.75. The fourth-order valence-corrected chi connectivity index (χ4v) is 4.78. The topological polar surface area (TPSA) is 82.1 Å². The van der Waals surface area contributed by atoms with E-state index in [0.717, 1.165) is 12.8 Å². The number of carbonyl (C=O) groups excluding carboxylic acids is 2. The number of urea groups is 1. The lowest BCUT2D eigenvalue weighted by molar-refractivity contribution is 0.0914. The molecule has 2 N–H and O–H groups in total. The number of β-amino-alcohol motifs (C(OH)–C–C–N with tert-alkyl or cyclic N) is 1. The molecular formula is C25H31N3O4. The normalized spacial score (nSPS) is 20.1. The van der Waals surface area contributed by atoms with Crippen LogP contribution in [0.25, 0.3) is 0 Å². The molecule has 2 heterocycles. The number of amides is 3. The molecule has 32 heavy (non-hydrogen) atoms. The summed E-state index contributed by atoms with van der Waals surface area (Å²) in [6.07, 6.45) is 1.73. The van der Waals surface area contributed by atoms with Crippen molar-refractivity contribution in [2.45, 2.75) is 30.8 Å². The molecule has 2 aromatic rings. The average molecular weight is 438 g/mol. The maximum atomic E-state index is 12.9. The van der Waals surface area contributed by atoms with Gasteiger partial charge < -0.3 is 25.0 Å². The summed E-state index contributed by atoms with van der Waals surface area (Å²) in [6, 6.07) is 17.4. The highest BCUT2D eigenvalue weighted by Gasteiger charge is 2.39. The Morgan fingerprint density at radius 3 is 2.38 bits per heavy atom. The highest BCUT2D eigenvalue weighted by Crippen LogP contribution is 2.36. The van der Waals surface area contributed by atoms with Crippen LogP contribution in [-0.2, 0) is 5.41 Å². The Labute approximate surface area is 189 Å². The number of piperidine rings is 1. The highest BCUT2D eigenvalue weighted by atomic mass is 16.5. The maximum Gasteiger partial charge on any atom is 0.320 e. The van der Waals surface area contributed by atoms with Crippen LogP contribution in [0.2, 0.25) is 0 Å². The quantitative estimate of drug-likeness (QED) is 0.754. The van der Waals surface area contributed by atoms with Gasteiger partial charge in [0.2, 0.25) is 0 Å². The molecule has 4 rings (SSSR count). The van der Waals surface area contributed by atoms with Gasteiger partial charge in [0.05, 0.1) is 18.8 Å². The summed E-state index contributed by atoms with van der Waals surface area (Å²) in [5, 5.41) is 12.9. The minimum atomic E-state index is -0.419. The molecule has 2 fully saturated rings. The van der Waals surface area contributed by atoms with Gasteiger partial charge in [-0.2, -0.15) is 0 Å². The highest BCUT2D eigenvalue weighted by molar-refractivity contribution is 5.97. The zero-order valence-corrected chi connectivity index (χ0v) is 18.5. The second-order valence-electron chi connectivity index (χ2n) is 8.69. The molecule has 0 radical (unpaired) electrons. The van der Waals surface area contributed by atoms with Gasteiger partial charge in [-0.15, -0.1) is 0 Å². The van der Waals surface area contributed by atoms with Crippen molar-refractivity contribution in [2.24, 2.45) is 0 Å². The molecule has 0 saturated carbocycles. The monoisotopic (exact) mass is 437 g/mol. The first-order valence-corrected chi connectivity index (χ1v) is 11.2. The first-order valence-electron chi connectivity index (χ1n) is 11.2. The number of methoxy groups -OCH3 is 1. The number of nitrogens with zero attached hydrogens (tertiary/aromatic N) is 2. The van der Waals surface area contributed by atoms with Crippen LogP contribution >= 0.6 is 0 Å². The van der Waals surface area contributed by atoms with Crippen LogP contribution in [0.15, 0.2) is 54.6 Å². The Morgan fingerprint density at radius 2 is 1.72 bits per heavy atom. The summed E-state index contributed by atoms with van der Waals surface area (Å²) in [7, 11) is 1.56. The number of rotatable bonds is 5. The summed E-state index contributed by atoms with van der Waals surface area (Å²) < 4.78 is 5.34. The van der Waals surface area contributed by atoms with Crippen LogP contribution in [0.1, 0.15) is 35.2 Å². The largest absolute Gasteiger partial charge is 0.496 e. The number of hydrogen-bond donors (Lipinski definition) is 2. The summed E-state index contributed by atoms with van der Waals surface area (Å²) in [5.41, 5.74) is 1.43. The lowest BCUT2D eigenvalue weighted by Gasteiger charge is -2.43. The van der Waals surface area contributed by atoms with Crippen LogP contribution < -0.4 is 10.1 Å². The molecule has 1 atom stereocenters. The predicted molar refractivity (Wildman–Crippen MR) is 122 cm³/mol. The molecule has 7 heteroatoms. The van der Waals surface area contributed by atoms with Crippen molar-refractivity contribution < 1.29 is 19.4 Å². The molecular weight excluding hydrogens is 406 g/mol. The molecule has 2 aliphatic rings. The molecule has 2 aromatic carbocycles. The summed E-state index contributed by atoms with van der Waals surface area (Å²) in [4.78, 5) is 29.4. The van der Waals surface area contributed by atoms with Crippen molar-refractivity contribution in [1.82, 2.24) is 15.1 Å². The molecule has 3 amide bonds. The van der Waals surface area contributed by atoms with Crippen molar-refractivity contribution in [3.8, 4) is 5.75 Å². The van der Waals surface area contributed by atoms with Gasteiger partial charge in [-0.05, 0) is 37.0 Å². The molecule has 0 spiro atoms.